The van der Waals surface area contributed by atoms with Crippen LogP contribution in [0.25, 0.3) is 0 Å². The number of aliphatic carboxylic acids is 1. The van der Waals surface area contributed by atoms with E-state index in [9.17, 15) is 14.4 Å². The molecule has 0 saturated heterocycles. The third kappa shape index (κ3) is 4.38. The minimum absolute atomic E-state index is 0.417. The number of carboxylic acids is 1. The number of anilines is 1. The van der Waals surface area contributed by atoms with Crippen LogP contribution in [0, 0.1) is 5.92 Å². The highest BCUT2D eigenvalue weighted by Crippen LogP contribution is 2.11. The van der Waals surface area contributed by atoms with Gasteiger partial charge in [0.1, 0.15) is 0 Å². The second-order valence-electron chi connectivity index (χ2n) is 4.28. The fourth-order valence-corrected chi connectivity index (χ4v) is 1.41. The number of esters is 1. The maximum atomic E-state index is 11.9. The number of amides is 1. The first-order chi connectivity index (χ1) is 9.45. The second-order valence-corrected chi connectivity index (χ2v) is 4.28. The molecule has 0 spiro atoms. The summed E-state index contributed by atoms with van der Waals surface area (Å²) in [6, 6.07) is 8.31. The Hall–Kier alpha value is -2.37. The molecule has 1 amide bonds. The van der Waals surface area contributed by atoms with Crippen LogP contribution in [0.4, 0.5) is 5.69 Å². The molecule has 0 aromatic heterocycles. The summed E-state index contributed by atoms with van der Waals surface area (Å²) < 4.78 is 4.90. The van der Waals surface area contributed by atoms with E-state index in [1.165, 1.54) is 0 Å². The van der Waals surface area contributed by atoms with Crippen molar-refractivity contribution in [2.24, 2.45) is 5.92 Å². The Morgan fingerprint density at radius 1 is 1.25 bits per heavy atom. The molecule has 0 saturated carbocycles. The number of ether oxygens (including phenoxy) is 1. The molecule has 1 aromatic carbocycles. The number of carboxylic acid groups (broad SMARTS) is 1. The van der Waals surface area contributed by atoms with Gasteiger partial charge in [0.25, 0.3) is 0 Å². The van der Waals surface area contributed by atoms with E-state index in [4.69, 9.17) is 9.84 Å². The lowest BCUT2D eigenvalue weighted by molar-refractivity contribution is -0.163. The number of benzene rings is 1. The molecule has 0 aliphatic heterocycles. The highest BCUT2D eigenvalue weighted by atomic mass is 16.5. The fourth-order valence-electron chi connectivity index (χ4n) is 1.41. The van der Waals surface area contributed by atoms with Crippen molar-refractivity contribution in [2.75, 3.05) is 5.32 Å². The van der Waals surface area contributed by atoms with Gasteiger partial charge in [-0.2, -0.15) is 0 Å². The van der Waals surface area contributed by atoms with Crippen LogP contribution in [0.15, 0.2) is 30.3 Å². The molecule has 20 heavy (non-hydrogen) atoms. The number of carbonyl (C=O) groups is 3. The Morgan fingerprint density at radius 3 is 2.35 bits per heavy atom. The molecule has 0 bridgehead atoms. The number of hydrogen-bond donors (Lipinski definition) is 2. The van der Waals surface area contributed by atoms with E-state index in [2.05, 4.69) is 5.32 Å². The lowest BCUT2D eigenvalue weighted by Crippen LogP contribution is -2.38. The minimum Gasteiger partial charge on any atom is -0.480 e. The molecule has 0 aliphatic rings. The summed E-state index contributed by atoms with van der Waals surface area (Å²) in [7, 11) is 0. The quantitative estimate of drug-likeness (QED) is 0.610. The summed E-state index contributed by atoms with van der Waals surface area (Å²) in [6.45, 7) is 3.42. The first-order valence-electron chi connectivity index (χ1n) is 6.25. The maximum Gasteiger partial charge on any atom is 0.330 e. The molecular formula is C14H17NO5. The third-order valence-electron chi connectivity index (χ3n) is 2.68. The van der Waals surface area contributed by atoms with Crippen LogP contribution in [0.2, 0.25) is 0 Å². The van der Waals surface area contributed by atoms with Crippen LogP contribution in [0.5, 0.6) is 0 Å². The molecule has 1 rings (SSSR count). The van der Waals surface area contributed by atoms with E-state index in [0.717, 1.165) is 0 Å². The highest BCUT2D eigenvalue weighted by molar-refractivity contribution is 6.17. The number of hydrogen-bond acceptors (Lipinski definition) is 4. The lowest BCUT2D eigenvalue weighted by atomic mass is 10.1. The van der Waals surface area contributed by atoms with Crippen molar-refractivity contribution in [3.05, 3.63) is 30.3 Å². The van der Waals surface area contributed by atoms with Crippen LogP contribution in [-0.2, 0) is 19.1 Å². The predicted molar refractivity (Wildman–Crippen MR) is 72.0 cm³/mol. The Balaban J connectivity index is 2.78. The predicted octanol–water partition coefficient (Wildman–Crippen LogP) is 1.67. The van der Waals surface area contributed by atoms with Gasteiger partial charge in [-0.25, -0.2) is 0 Å². The monoisotopic (exact) mass is 279 g/mol. The van der Waals surface area contributed by atoms with Crippen molar-refractivity contribution < 1.29 is 24.2 Å². The number of nitrogens with one attached hydrogen (secondary N) is 1. The fraction of sp³-hybridized carbons (Fsp3) is 0.357. The Morgan fingerprint density at radius 2 is 1.85 bits per heavy atom. The standard InChI is InChI=1S/C14H17NO5/c1-3-9(2)20-14(19)11(13(17)18)12(16)15-10-7-5-4-6-8-10/h4-9,11H,3H2,1-2H3,(H,15,16)(H,17,18). The molecule has 1 aromatic rings. The van der Waals surface area contributed by atoms with Gasteiger partial charge in [-0.15, -0.1) is 0 Å². The number of rotatable bonds is 6. The first-order valence-corrected chi connectivity index (χ1v) is 6.25. The van der Waals surface area contributed by atoms with Crippen LogP contribution in [-0.4, -0.2) is 29.1 Å². The van der Waals surface area contributed by atoms with Gasteiger partial charge in [0.15, 0.2) is 0 Å². The summed E-state index contributed by atoms with van der Waals surface area (Å²) in [5.41, 5.74) is 0.417. The first kappa shape index (κ1) is 15.7. The summed E-state index contributed by atoms with van der Waals surface area (Å²) in [4.78, 5) is 34.7. The van der Waals surface area contributed by atoms with E-state index >= 15 is 0 Å². The van der Waals surface area contributed by atoms with Gasteiger partial charge in [0.2, 0.25) is 11.8 Å². The van der Waals surface area contributed by atoms with Crippen molar-refractivity contribution >= 4 is 23.5 Å². The SMILES string of the molecule is CCC(C)OC(=O)C(C(=O)O)C(=O)Nc1ccccc1. The highest BCUT2D eigenvalue weighted by Gasteiger charge is 2.36. The molecule has 2 unspecified atom stereocenters. The normalized spacial score (nSPS) is 13.1. The van der Waals surface area contributed by atoms with Crippen molar-refractivity contribution in [3.8, 4) is 0 Å². The van der Waals surface area contributed by atoms with E-state index in [-0.39, 0.29) is 0 Å². The number of para-hydroxylation sites is 1. The number of carbonyl (C=O) groups excluding carboxylic acids is 2. The maximum absolute atomic E-state index is 11.9. The van der Waals surface area contributed by atoms with Crippen molar-refractivity contribution in [3.63, 3.8) is 0 Å². The topological polar surface area (TPSA) is 92.7 Å². The Labute approximate surface area is 116 Å². The molecule has 108 valence electrons. The molecule has 0 heterocycles. The zero-order valence-electron chi connectivity index (χ0n) is 11.3. The van der Waals surface area contributed by atoms with Crippen LogP contribution in [0.1, 0.15) is 20.3 Å². The van der Waals surface area contributed by atoms with Crippen molar-refractivity contribution in [2.45, 2.75) is 26.4 Å². The van der Waals surface area contributed by atoms with E-state index in [0.29, 0.717) is 12.1 Å². The van der Waals surface area contributed by atoms with Crippen molar-refractivity contribution in [1.82, 2.24) is 0 Å². The minimum atomic E-state index is -1.87. The summed E-state index contributed by atoms with van der Waals surface area (Å²) in [6.07, 6.45) is 0.104. The van der Waals surface area contributed by atoms with Crippen molar-refractivity contribution in [1.29, 1.82) is 0 Å². The molecule has 6 heteroatoms. The second kappa shape index (κ2) is 7.28. The summed E-state index contributed by atoms with van der Waals surface area (Å²) >= 11 is 0. The van der Waals surface area contributed by atoms with Gasteiger partial charge in [0, 0.05) is 5.69 Å². The molecule has 2 atom stereocenters. The third-order valence-corrected chi connectivity index (χ3v) is 2.68. The van der Waals surface area contributed by atoms with E-state index in [1.54, 1.807) is 44.2 Å². The van der Waals surface area contributed by atoms with Gasteiger partial charge < -0.3 is 15.2 Å². The van der Waals surface area contributed by atoms with Gasteiger partial charge in [-0.1, -0.05) is 25.1 Å². The van der Waals surface area contributed by atoms with Crippen LogP contribution < -0.4 is 5.32 Å². The van der Waals surface area contributed by atoms with E-state index in [1.807, 2.05) is 0 Å². The van der Waals surface area contributed by atoms with Crippen LogP contribution in [0.3, 0.4) is 0 Å². The summed E-state index contributed by atoms with van der Waals surface area (Å²) in [5, 5.41) is 11.4. The van der Waals surface area contributed by atoms with Gasteiger partial charge in [-0.05, 0) is 25.5 Å². The Kier molecular flexibility index (Phi) is 5.71. The van der Waals surface area contributed by atoms with Gasteiger partial charge >= 0.3 is 11.9 Å². The average molecular weight is 279 g/mol. The molecule has 2 N–H and O–H groups in total. The zero-order chi connectivity index (χ0) is 15.1. The Bertz CT molecular complexity index is 486. The molecule has 0 aliphatic carbocycles. The molecule has 0 radical (unpaired) electrons. The zero-order valence-corrected chi connectivity index (χ0v) is 11.3. The molecular weight excluding hydrogens is 262 g/mol. The van der Waals surface area contributed by atoms with Crippen LogP contribution >= 0.6 is 0 Å². The van der Waals surface area contributed by atoms with Gasteiger partial charge in [-0.3, -0.25) is 14.4 Å². The summed E-state index contributed by atoms with van der Waals surface area (Å²) in [5.74, 6) is -5.38. The molecule has 0 fully saturated rings. The van der Waals surface area contributed by atoms with E-state index < -0.39 is 29.9 Å². The lowest BCUT2D eigenvalue weighted by Gasteiger charge is -2.15. The smallest absolute Gasteiger partial charge is 0.330 e. The average Bonchev–Trinajstić information content (AvgIpc) is 2.39. The molecule has 6 nitrogen and oxygen atoms in total. The van der Waals surface area contributed by atoms with Gasteiger partial charge in [0.05, 0.1) is 6.10 Å². The largest absolute Gasteiger partial charge is 0.480 e.